The predicted octanol–water partition coefficient (Wildman–Crippen LogP) is 2.04. The van der Waals surface area contributed by atoms with Crippen LogP contribution in [-0.4, -0.2) is 46.7 Å². The number of hydrogen-bond donors (Lipinski definition) is 1. The molecule has 152 valence electrons. The lowest BCUT2D eigenvalue weighted by Crippen LogP contribution is -2.43. The van der Waals surface area contributed by atoms with Gasteiger partial charge in [-0.3, -0.25) is 0 Å². The normalized spacial score (nSPS) is 21.5. The van der Waals surface area contributed by atoms with Gasteiger partial charge in [-0.25, -0.2) is 16.8 Å². The molecule has 3 rings (SSSR count). The fraction of sp³-hybridized carbons (Fsp3) is 0.400. The fourth-order valence-corrected chi connectivity index (χ4v) is 8.41. The lowest BCUT2D eigenvalue weighted by Gasteiger charge is -2.22. The Labute approximate surface area is 166 Å². The van der Waals surface area contributed by atoms with Crippen molar-refractivity contribution in [1.29, 1.82) is 0 Å². The monoisotopic (exact) mass is 423 g/mol. The molecule has 2 atom stereocenters. The Hall–Kier alpha value is -1.90. The largest absolute Gasteiger partial charge is 0.495 e. The summed E-state index contributed by atoms with van der Waals surface area (Å²) in [5.74, 6) is -0.344. The molecule has 6 nitrogen and oxygen atoms in total. The summed E-state index contributed by atoms with van der Waals surface area (Å²) in [5, 5.41) is 2.09. The van der Waals surface area contributed by atoms with Crippen molar-refractivity contribution in [3.8, 4) is 5.75 Å². The second kappa shape index (κ2) is 7.85. The van der Waals surface area contributed by atoms with E-state index in [1.807, 2.05) is 44.2 Å². The molecule has 0 amide bonds. The van der Waals surface area contributed by atoms with Gasteiger partial charge in [0.2, 0.25) is 0 Å². The van der Waals surface area contributed by atoms with Crippen molar-refractivity contribution in [2.24, 2.45) is 0 Å². The summed E-state index contributed by atoms with van der Waals surface area (Å²) >= 11 is 0. The van der Waals surface area contributed by atoms with Crippen LogP contribution in [0.2, 0.25) is 0 Å². The molecule has 1 heterocycles. The third-order valence-electron chi connectivity index (χ3n) is 5.20. The van der Waals surface area contributed by atoms with Crippen LogP contribution < -0.4 is 10.1 Å². The van der Waals surface area contributed by atoms with E-state index in [-0.39, 0.29) is 16.4 Å². The molecule has 0 spiro atoms. The Kier molecular flexibility index (Phi) is 5.84. The Morgan fingerprint density at radius 2 is 1.71 bits per heavy atom. The molecule has 2 aromatic rings. The van der Waals surface area contributed by atoms with Gasteiger partial charge < -0.3 is 10.1 Å². The van der Waals surface area contributed by atoms with Gasteiger partial charge >= 0.3 is 0 Å². The minimum atomic E-state index is -3.91. The van der Waals surface area contributed by atoms with Gasteiger partial charge in [0, 0.05) is 12.6 Å². The first-order valence-electron chi connectivity index (χ1n) is 9.01. The van der Waals surface area contributed by atoms with Crippen molar-refractivity contribution in [3.05, 3.63) is 59.2 Å². The minimum Gasteiger partial charge on any atom is -0.495 e. The quantitative estimate of drug-likeness (QED) is 0.765. The lowest BCUT2D eigenvalue weighted by atomic mass is 10.1. The Morgan fingerprint density at radius 3 is 2.36 bits per heavy atom. The Morgan fingerprint density at radius 1 is 1.07 bits per heavy atom. The van der Waals surface area contributed by atoms with E-state index in [1.165, 1.54) is 7.11 Å². The van der Waals surface area contributed by atoms with E-state index < -0.39 is 36.7 Å². The van der Waals surface area contributed by atoms with Crippen LogP contribution in [0.5, 0.6) is 5.75 Å². The molecule has 0 radical (unpaired) electrons. The summed E-state index contributed by atoms with van der Waals surface area (Å²) in [6.45, 7) is 4.10. The highest BCUT2D eigenvalue weighted by Gasteiger charge is 2.46. The first kappa shape index (κ1) is 20.8. The molecule has 1 fully saturated rings. The zero-order chi connectivity index (χ0) is 20.5. The molecule has 1 aliphatic heterocycles. The van der Waals surface area contributed by atoms with E-state index in [0.717, 1.165) is 16.7 Å². The van der Waals surface area contributed by atoms with Gasteiger partial charge in [-0.15, -0.1) is 0 Å². The van der Waals surface area contributed by atoms with E-state index in [1.54, 1.807) is 12.1 Å². The van der Waals surface area contributed by atoms with E-state index in [2.05, 4.69) is 5.32 Å². The maximum absolute atomic E-state index is 13.4. The van der Waals surface area contributed by atoms with E-state index in [4.69, 9.17) is 4.74 Å². The van der Waals surface area contributed by atoms with Crippen LogP contribution in [0.4, 0.5) is 0 Å². The van der Waals surface area contributed by atoms with Crippen molar-refractivity contribution in [2.45, 2.75) is 36.6 Å². The highest BCUT2D eigenvalue weighted by molar-refractivity contribution is 7.96. The van der Waals surface area contributed by atoms with E-state index in [9.17, 15) is 16.8 Å². The molecule has 2 aromatic carbocycles. The van der Waals surface area contributed by atoms with Crippen LogP contribution in [0.15, 0.2) is 47.4 Å². The second-order valence-corrected chi connectivity index (χ2v) is 11.5. The lowest BCUT2D eigenvalue weighted by molar-refractivity contribution is 0.401. The third-order valence-corrected chi connectivity index (χ3v) is 9.37. The van der Waals surface area contributed by atoms with Crippen molar-refractivity contribution in [1.82, 2.24) is 5.32 Å². The number of benzene rings is 2. The van der Waals surface area contributed by atoms with Crippen LogP contribution in [0, 0.1) is 13.8 Å². The van der Waals surface area contributed by atoms with Crippen LogP contribution in [0.3, 0.4) is 0 Å². The summed E-state index contributed by atoms with van der Waals surface area (Å²) in [6, 6.07) is 12.1. The average Bonchev–Trinajstić information content (AvgIpc) is 2.98. The highest BCUT2D eigenvalue weighted by Crippen LogP contribution is 2.33. The van der Waals surface area contributed by atoms with Crippen LogP contribution in [0.25, 0.3) is 0 Å². The maximum Gasteiger partial charge on any atom is 0.187 e. The standard InChI is InChI=1S/C20H25NO5S2/c1-14-9-18(26-3)19(10-15(14)2)28(24,25)20-13-27(22,23)12-17(20)21-11-16-7-5-4-6-8-16/h4-10,17,20-21H,11-13H2,1-3H3/t17-,20-/m0/s1. The van der Waals surface area contributed by atoms with Crippen molar-refractivity contribution < 1.29 is 21.6 Å². The van der Waals surface area contributed by atoms with Crippen molar-refractivity contribution in [3.63, 3.8) is 0 Å². The summed E-state index contributed by atoms with van der Waals surface area (Å²) in [7, 11) is -5.96. The first-order chi connectivity index (χ1) is 13.1. The van der Waals surface area contributed by atoms with E-state index >= 15 is 0 Å². The number of methoxy groups -OCH3 is 1. The van der Waals surface area contributed by atoms with Crippen LogP contribution in [0.1, 0.15) is 16.7 Å². The first-order valence-corrected chi connectivity index (χ1v) is 12.4. The fourth-order valence-electron chi connectivity index (χ4n) is 3.46. The predicted molar refractivity (Wildman–Crippen MR) is 109 cm³/mol. The molecular formula is C20H25NO5S2. The van der Waals surface area contributed by atoms with Gasteiger partial charge in [0.15, 0.2) is 19.7 Å². The maximum atomic E-state index is 13.4. The van der Waals surface area contributed by atoms with Gasteiger partial charge in [-0.1, -0.05) is 30.3 Å². The number of nitrogens with one attached hydrogen (secondary N) is 1. The summed E-state index contributed by atoms with van der Waals surface area (Å²) in [5.41, 5.74) is 2.69. The van der Waals surface area contributed by atoms with Gasteiger partial charge in [-0.2, -0.15) is 0 Å². The van der Waals surface area contributed by atoms with Crippen molar-refractivity contribution in [2.75, 3.05) is 18.6 Å². The molecule has 0 unspecified atom stereocenters. The SMILES string of the molecule is COc1cc(C)c(C)cc1S(=O)(=O)[C@H]1CS(=O)(=O)C[C@@H]1NCc1ccccc1. The molecule has 28 heavy (non-hydrogen) atoms. The second-order valence-electron chi connectivity index (χ2n) is 7.22. The molecule has 1 saturated heterocycles. The topological polar surface area (TPSA) is 89.5 Å². The van der Waals surface area contributed by atoms with Gasteiger partial charge in [0.1, 0.15) is 10.6 Å². The molecular weight excluding hydrogens is 398 g/mol. The third kappa shape index (κ3) is 4.24. The molecule has 0 aliphatic carbocycles. The summed E-state index contributed by atoms with van der Waals surface area (Å²) in [6.07, 6.45) is 0. The number of ether oxygens (including phenoxy) is 1. The van der Waals surface area contributed by atoms with Gasteiger partial charge in [-0.05, 0) is 42.7 Å². The van der Waals surface area contributed by atoms with Gasteiger partial charge in [0.25, 0.3) is 0 Å². The van der Waals surface area contributed by atoms with Gasteiger partial charge in [0.05, 0.1) is 23.9 Å². The smallest absolute Gasteiger partial charge is 0.187 e. The summed E-state index contributed by atoms with van der Waals surface area (Å²) in [4.78, 5) is 0.0479. The molecule has 1 N–H and O–H groups in total. The number of aryl methyl sites for hydroxylation is 2. The zero-order valence-electron chi connectivity index (χ0n) is 16.2. The zero-order valence-corrected chi connectivity index (χ0v) is 17.8. The molecule has 0 bridgehead atoms. The molecule has 0 saturated carbocycles. The molecule has 1 aliphatic rings. The van der Waals surface area contributed by atoms with Crippen LogP contribution >= 0.6 is 0 Å². The average molecular weight is 424 g/mol. The Bertz CT molecular complexity index is 1060. The Balaban J connectivity index is 1.95. The van der Waals surface area contributed by atoms with E-state index in [0.29, 0.717) is 6.54 Å². The summed E-state index contributed by atoms with van der Waals surface area (Å²) < 4.78 is 56.7. The van der Waals surface area contributed by atoms with Crippen LogP contribution in [-0.2, 0) is 26.2 Å². The number of hydrogen-bond acceptors (Lipinski definition) is 6. The number of sulfone groups is 2. The number of rotatable bonds is 6. The molecule has 0 aromatic heterocycles. The molecule has 8 heteroatoms. The van der Waals surface area contributed by atoms with Crippen molar-refractivity contribution >= 4 is 19.7 Å². The highest BCUT2D eigenvalue weighted by atomic mass is 32.2. The minimum absolute atomic E-state index is 0.0479.